The second-order valence-electron chi connectivity index (χ2n) is 6.48. The molecule has 0 atom stereocenters. The third-order valence-electron chi connectivity index (χ3n) is 4.65. The molecule has 0 saturated carbocycles. The quantitative estimate of drug-likeness (QED) is 0.653. The summed E-state index contributed by atoms with van der Waals surface area (Å²) in [7, 11) is 0. The van der Waals surface area contributed by atoms with Gasteiger partial charge in [0.15, 0.2) is 17.9 Å². The number of fused-ring (bicyclic) bond motifs is 1. The van der Waals surface area contributed by atoms with Crippen LogP contribution in [0.5, 0.6) is 11.5 Å². The van der Waals surface area contributed by atoms with Crippen molar-refractivity contribution >= 4 is 29.3 Å². The van der Waals surface area contributed by atoms with Crippen LogP contribution in [0.15, 0.2) is 60.7 Å². The number of carbonyl (C=O) groups is 2. The van der Waals surface area contributed by atoms with Crippen molar-refractivity contribution in [3.8, 4) is 11.5 Å². The van der Waals surface area contributed by atoms with Gasteiger partial charge in [0.05, 0.1) is 17.8 Å². The highest BCUT2D eigenvalue weighted by atomic mass is 19.1. The molecule has 0 bridgehead atoms. The second-order valence-corrected chi connectivity index (χ2v) is 6.48. The molecule has 0 spiro atoms. The fourth-order valence-corrected chi connectivity index (χ4v) is 3.21. The number of aldehydes is 1. The normalized spacial score (nSPS) is 12.7. The molecule has 0 radical (unpaired) electrons. The van der Waals surface area contributed by atoms with Crippen molar-refractivity contribution in [1.82, 2.24) is 0 Å². The number of ether oxygens (including phenoxy) is 1. The molecule has 7 heteroatoms. The fourth-order valence-electron chi connectivity index (χ4n) is 3.21. The van der Waals surface area contributed by atoms with Crippen molar-refractivity contribution in [2.45, 2.75) is 0 Å². The number of carbonyl (C=O) groups excluding carboxylic acids is 2. The third-order valence-corrected chi connectivity index (χ3v) is 4.65. The molecule has 2 N–H and O–H groups in total. The Morgan fingerprint density at radius 1 is 1.14 bits per heavy atom. The number of anilines is 3. The van der Waals surface area contributed by atoms with Gasteiger partial charge in [-0.05, 0) is 48.5 Å². The predicted molar refractivity (Wildman–Crippen MR) is 107 cm³/mol. The number of aromatic hydroxyl groups is 1. The number of phenols is 1. The Morgan fingerprint density at radius 3 is 2.66 bits per heavy atom. The summed E-state index contributed by atoms with van der Waals surface area (Å²) in [6, 6.07) is 17.0. The van der Waals surface area contributed by atoms with Gasteiger partial charge in [0, 0.05) is 16.9 Å². The standard InChI is InChI=1S/C22H17FN2O4/c23-18-12-14(11-15(13-26)21(18)27)22(28)24-16-5-7-17(8-6-16)25-9-10-29-20-4-2-1-3-19(20)25/h1-8,11-13,27H,9-10H2,(H,24,28). The molecule has 6 nitrogen and oxygen atoms in total. The highest BCUT2D eigenvalue weighted by Crippen LogP contribution is 2.36. The molecule has 4 rings (SSSR count). The molecular weight excluding hydrogens is 375 g/mol. The van der Waals surface area contributed by atoms with Crippen LogP contribution in [-0.4, -0.2) is 30.5 Å². The zero-order valence-electron chi connectivity index (χ0n) is 15.3. The van der Waals surface area contributed by atoms with E-state index in [1.54, 1.807) is 12.1 Å². The van der Waals surface area contributed by atoms with Crippen molar-refractivity contribution in [2.75, 3.05) is 23.4 Å². The van der Waals surface area contributed by atoms with Gasteiger partial charge in [-0.1, -0.05) is 12.1 Å². The molecule has 1 heterocycles. The lowest BCUT2D eigenvalue weighted by Gasteiger charge is -2.31. The zero-order valence-corrected chi connectivity index (χ0v) is 15.3. The zero-order chi connectivity index (χ0) is 20.4. The maximum Gasteiger partial charge on any atom is 0.255 e. The second kappa shape index (κ2) is 7.63. The molecule has 3 aromatic rings. The summed E-state index contributed by atoms with van der Waals surface area (Å²) in [5.74, 6) is -1.57. The highest BCUT2D eigenvalue weighted by molar-refractivity contribution is 6.05. The minimum atomic E-state index is -1.03. The van der Waals surface area contributed by atoms with Crippen LogP contribution < -0.4 is 15.0 Å². The molecule has 29 heavy (non-hydrogen) atoms. The molecule has 1 aliphatic rings. The molecule has 1 amide bonds. The van der Waals surface area contributed by atoms with Gasteiger partial charge < -0.3 is 20.1 Å². The lowest BCUT2D eigenvalue weighted by atomic mass is 10.1. The number of rotatable bonds is 4. The number of para-hydroxylation sites is 2. The van der Waals surface area contributed by atoms with Crippen molar-refractivity contribution in [2.24, 2.45) is 0 Å². The third kappa shape index (κ3) is 3.62. The maximum atomic E-state index is 13.7. The van der Waals surface area contributed by atoms with Crippen molar-refractivity contribution < 1.29 is 23.8 Å². The van der Waals surface area contributed by atoms with Crippen molar-refractivity contribution in [3.63, 3.8) is 0 Å². The Kier molecular flexibility index (Phi) is 4.87. The van der Waals surface area contributed by atoms with E-state index >= 15 is 0 Å². The van der Waals surface area contributed by atoms with Crippen LogP contribution in [0, 0.1) is 5.82 Å². The largest absolute Gasteiger partial charge is 0.504 e. The number of nitrogens with zero attached hydrogens (tertiary/aromatic N) is 1. The molecule has 1 aliphatic heterocycles. The fraction of sp³-hybridized carbons (Fsp3) is 0.0909. The van der Waals surface area contributed by atoms with Crippen molar-refractivity contribution in [3.05, 3.63) is 77.6 Å². The van der Waals surface area contributed by atoms with Crippen molar-refractivity contribution in [1.29, 1.82) is 0 Å². The molecule has 0 fully saturated rings. The van der Waals surface area contributed by atoms with E-state index in [2.05, 4.69) is 10.2 Å². The minimum absolute atomic E-state index is 0.0615. The highest BCUT2D eigenvalue weighted by Gasteiger charge is 2.19. The Labute approximate surface area is 166 Å². The van der Waals surface area contributed by atoms with Gasteiger partial charge in [0.1, 0.15) is 12.4 Å². The maximum absolute atomic E-state index is 13.7. The predicted octanol–water partition coefficient (Wildman–Crippen LogP) is 4.13. The summed E-state index contributed by atoms with van der Waals surface area (Å²) in [5, 5.41) is 12.1. The molecule has 0 aliphatic carbocycles. The van der Waals surface area contributed by atoms with E-state index in [9.17, 15) is 19.1 Å². The van der Waals surface area contributed by atoms with Gasteiger partial charge >= 0.3 is 0 Å². The number of nitrogens with one attached hydrogen (secondary N) is 1. The first-order valence-electron chi connectivity index (χ1n) is 8.95. The first kappa shape index (κ1) is 18.5. The van der Waals surface area contributed by atoms with Gasteiger partial charge in [0.2, 0.25) is 0 Å². The Hall–Kier alpha value is -3.87. The van der Waals surface area contributed by atoms with Crippen LogP contribution in [0.1, 0.15) is 20.7 Å². The molecule has 3 aromatic carbocycles. The van der Waals surface area contributed by atoms with E-state index < -0.39 is 17.5 Å². The lowest BCUT2D eigenvalue weighted by Crippen LogP contribution is -2.28. The average Bonchev–Trinajstić information content (AvgIpc) is 2.75. The average molecular weight is 392 g/mol. The van der Waals surface area contributed by atoms with Gasteiger partial charge in [0.25, 0.3) is 5.91 Å². The number of hydrogen-bond acceptors (Lipinski definition) is 5. The van der Waals surface area contributed by atoms with E-state index in [1.807, 2.05) is 36.4 Å². The summed E-state index contributed by atoms with van der Waals surface area (Å²) in [5.41, 5.74) is 2.08. The summed E-state index contributed by atoms with van der Waals surface area (Å²) >= 11 is 0. The van der Waals surface area contributed by atoms with Gasteiger partial charge in [-0.2, -0.15) is 0 Å². The molecule has 0 unspecified atom stereocenters. The number of benzene rings is 3. The molecule has 146 valence electrons. The van der Waals surface area contributed by atoms with Gasteiger partial charge in [-0.25, -0.2) is 4.39 Å². The van der Waals surface area contributed by atoms with E-state index in [1.165, 1.54) is 0 Å². The Bertz CT molecular complexity index is 1080. The van der Waals surface area contributed by atoms with Gasteiger partial charge in [-0.15, -0.1) is 0 Å². The lowest BCUT2D eigenvalue weighted by molar-refractivity contribution is 0.102. The molecule has 0 saturated heterocycles. The summed E-state index contributed by atoms with van der Waals surface area (Å²) in [6.45, 7) is 1.27. The SMILES string of the molecule is O=Cc1cc(C(=O)Nc2ccc(N3CCOc4ccccc43)cc2)cc(F)c1O. The number of halogens is 1. The van der Waals surface area contributed by atoms with E-state index in [0.717, 1.165) is 29.3 Å². The van der Waals surface area contributed by atoms with Gasteiger partial charge in [-0.3, -0.25) is 9.59 Å². The minimum Gasteiger partial charge on any atom is -0.504 e. The summed E-state index contributed by atoms with van der Waals surface area (Å²) < 4.78 is 19.4. The van der Waals surface area contributed by atoms with Crippen LogP contribution in [0.25, 0.3) is 0 Å². The van der Waals surface area contributed by atoms with Crippen LogP contribution >= 0.6 is 0 Å². The smallest absolute Gasteiger partial charge is 0.255 e. The monoisotopic (exact) mass is 392 g/mol. The van der Waals surface area contributed by atoms with E-state index in [0.29, 0.717) is 25.1 Å². The van der Waals surface area contributed by atoms with Crippen LogP contribution in [0.4, 0.5) is 21.5 Å². The van der Waals surface area contributed by atoms with Crippen LogP contribution in [0.3, 0.4) is 0 Å². The Morgan fingerprint density at radius 2 is 1.90 bits per heavy atom. The number of amides is 1. The first-order valence-corrected chi connectivity index (χ1v) is 8.95. The molecular formula is C22H17FN2O4. The van der Waals surface area contributed by atoms with E-state index in [4.69, 9.17) is 4.74 Å². The molecule has 0 aromatic heterocycles. The number of phenolic OH excluding ortho intramolecular Hbond substituents is 1. The van der Waals surface area contributed by atoms with Crippen LogP contribution in [0.2, 0.25) is 0 Å². The van der Waals surface area contributed by atoms with E-state index in [-0.39, 0.29) is 11.1 Å². The summed E-state index contributed by atoms with van der Waals surface area (Å²) in [6.07, 6.45) is 0.296. The number of hydrogen-bond donors (Lipinski definition) is 2. The first-order chi connectivity index (χ1) is 14.1. The van der Waals surface area contributed by atoms with Crippen LogP contribution in [-0.2, 0) is 0 Å². The topological polar surface area (TPSA) is 78.9 Å². The summed E-state index contributed by atoms with van der Waals surface area (Å²) in [4.78, 5) is 25.4. The Balaban J connectivity index is 1.53.